The predicted octanol–water partition coefficient (Wildman–Crippen LogP) is 0.652. The van der Waals surface area contributed by atoms with Gasteiger partial charge in [-0.05, 0) is 30.7 Å². The summed E-state index contributed by atoms with van der Waals surface area (Å²) in [6.45, 7) is 3.28. The summed E-state index contributed by atoms with van der Waals surface area (Å²) in [6, 6.07) is 6.96. The molecule has 0 aliphatic carbocycles. The molecule has 0 spiro atoms. The average molecular weight is 259 g/mol. The Hall–Kier alpha value is -1.39. The first-order valence-corrected chi connectivity index (χ1v) is 6.94. The van der Waals surface area contributed by atoms with Crippen LogP contribution < -0.4 is 10.2 Å². The van der Waals surface area contributed by atoms with E-state index >= 15 is 0 Å². The zero-order valence-corrected chi connectivity index (χ0v) is 11.6. The number of likely N-dealkylation sites (N-methyl/N-ethyl adjacent to an activating group) is 2. The smallest absolute Gasteiger partial charge is 0.231 e. The van der Waals surface area contributed by atoms with Crippen molar-refractivity contribution in [2.75, 3.05) is 38.6 Å². The molecule has 0 aromatic heterocycles. The van der Waals surface area contributed by atoms with E-state index in [1.165, 1.54) is 11.1 Å². The maximum atomic E-state index is 11.7. The van der Waals surface area contributed by atoms with Crippen molar-refractivity contribution in [3.8, 4) is 0 Å². The van der Waals surface area contributed by atoms with Gasteiger partial charge in [-0.2, -0.15) is 0 Å². The van der Waals surface area contributed by atoms with E-state index in [0.717, 1.165) is 31.7 Å². The predicted molar refractivity (Wildman–Crippen MR) is 76.5 cm³/mol. The zero-order valence-electron chi connectivity index (χ0n) is 11.6. The lowest BCUT2D eigenvalue weighted by Gasteiger charge is -2.31. The molecule has 3 rings (SSSR count). The van der Waals surface area contributed by atoms with E-state index in [2.05, 4.69) is 35.5 Å². The quantitative estimate of drug-likeness (QED) is 0.847. The van der Waals surface area contributed by atoms with Gasteiger partial charge >= 0.3 is 0 Å². The zero-order chi connectivity index (χ0) is 13.4. The van der Waals surface area contributed by atoms with Gasteiger partial charge in [0.15, 0.2) is 0 Å². The largest absolute Gasteiger partial charge is 0.315 e. The van der Waals surface area contributed by atoms with Crippen molar-refractivity contribution >= 4 is 11.6 Å². The van der Waals surface area contributed by atoms with Gasteiger partial charge in [-0.1, -0.05) is 12.1 Å². The van der Waals surface area contributed by atoms with E-state index in [9.17, 15) is 4.79 Å². The first-order chi connectivity index (χ1) is 9.13. The van der Waals surface area contributed by atoms with Gasteiger partial charge in [0.1, 0.15) is 0 Å². The van der Waals surface area contributed by atoms with Crippen LogP contribution in [-0.4, -0.2) is 50.6 Å². The maximum absolute atomic E-state index is 11.7. The average Bonchev–Trinajstić information content (AvgIpc) is 2.65. The van der Waals surface area contributed by atoms with Gasteiger partial charge in [0.05, 0.1) is 6.42 Å². The van der Waals surface area contributed by atoms with E-state index in [1.807, 2.05) is 7.05 Å². The lowest BCUT2D eigenvalue weighted by Crippen LogP contribution is -2.49. The summed E-state index contributed by atoms with van der Waals surface area (Å²) in [4.78, 5) is 15.8. The minimum Gasteiger partial charge on any atom is -0.315 e. The van der Waals surface area contributed by atoms with Crippen molar-refractivity contribution < 1.29 is 4.79 Å². The highest BCUT2D eigenvalue weighted by Gasteiger charge is 2.24. The number of rotatable bonds is 2. The number of fused-ring (bicyclic) bond motifs is 1. The molecule has 1 unspecified atom stereocenters. The van der Waals surface area contributed by atoms with Gasteiger partial charge in [-0.3, -0.25) is 4.79 Å². The van der Waals surface area contributed by atoms with Crippen molar-refractivity contribution in [3.63, 3.8) is 0 Å². The Morgan fingerprint density at radius 1 is 1.37 bits per heavy atom. The van der Waals surface area contributed by atoms with Gasteiger partial charge in [-0.15, -0.1) is 0 Å². The van der Waals surface area contributed by atoms with Crippen molar-refractivity contribution in [2.24, 2.45) is 0 Å². The Morgan fingerprint density at radius 3 is 3.00 bits per heavy atom. The molecule has 1 atom stereocenters. The van der Waals surface area contributed by atoms with E-state index < -0.39 is 0 Å². The lowest BCUT2D eigenvalue weighted by molar-refractivity contribution is -0.117. The van der Waals surface area contributed by atoms with E-state index in [1.54, 1.807) is 4.90 Å². The van der Waals surface area contributed by atoms with Crippen molar-refractivity contribution in [1.82, 2.24) is 10.2 Å². The summed E-state index contributed by atoms with van der Waals surface area (Å²) in [7, 11) is 4.02. The second-order valence-electron chi connectivity index (χ2n) is 5.71. The molecule has 0 radical (unpaired) electrons. The normalized spacial score (nSPS) is 23.8. The minimum absolute atomic E-state index is 0.197. The van der Waals surface area contributed by atoms with Gasteiger partial charge in [0, 0.05) is 38.4 Å². The molecule has 1 N–H and O–H groups in total. The molecular weight excluding hydrogens is 238 g/mol. The highest BCUT2D eigenvalue weighted by molar-refractivity contribution is 6.00. The maximum Gasteiger partial charge on any atom is 0.231 e. The second-order valence-corrected chi connectivity index (χ2v) is 5.71. The third kappa shape index (κ3) is 2.51. The summed E-state index contributed by atoms with van der Waals surface area (Å²) >= 11 is 0. The van der Waals surface area contributed by atoms with Gasteiger partial charge in [0.2, 0.25) is 5.91 Å². The van der Waals surface area contributed by atoms with Crippen LogP contribution >= 0.6 is 0 Å². The molecule has 1 aromatic carbocycles. The first-order valence-electron chi connectivity index (χ1n) is 6.94. The molecule has 19 heavy (non-hydrogen) atoms. The highest BCUT2D eigenvalue weighted by atomic mass is 16.2. The number of carbonyl (C=O) groups excluding carboxylic acids is 1. The van der Waals surface area contributed by atoms with E-state index in [-0.39, 0.29) is 5.91 Å². The van der Waals surface area contributed by atoms with E-state index in [4.69, 9.17) is 0 Å². The van der Waals surface area contributed by atoms with Crippen molar-refractivity contribution in [2.45, 2.75) is 18.9 Å². The fourth-order valence-corrected chi connectivity index (χ4v) is 3.06. The molecule has 1 amide bonds. The Kier molecular flexibility index (Phi) is 3.29. The molecule has 0 saturated carbocycles. The third-order valence-electron chi connectivity index (χ3n) is 4.16. The van der Waals surface area contributed by atoms with Crippen LogP contribution in [0.1, 0.15) is 11.1 Å². The van der Waals surface area contributed by atoms with Gasteiger partial charge in [0.25, 0.3) is 0 Å². The molecular formula is C15H21N3O. The molecule has 102 valence electrons. The summed E-state index contributed by atoms with van der Waals surface area (Å²) in [6.07, 6.45) is 1.59. The molecule has 2 heterocycles. The summed E-state index contributed by atoms with van der Waals surface area (Å²) < 4.78 is 0. The Morgan fingerprint density at radius 2 is 2.21 bits per heavy atom. The number of hydrogen-bond acceptors (Lipinski definition) is 3. The number of amides is 1. The van der Waals surface area contributed by atoms with Crippen LogP contribution in [0.2, 0.25) is 0 Å². The van der Waals surface area contributed by atoms with Crippen LogP contribution in [0.25, 0.3) is 0 Å². The number of benzene rings is 1. The second kappa shape index (κ2) is 4.94. The number of anilines is 1. The fraction of sp³-hybridized carbons (Fsp3) is 0.533. The number of nitrogens with zero attached hydrogens (tertiary/aromatic N) is 2. The van der Waals surface area contributed by atoms with Crippen LogP contribution in [0.4, 0.5) is 5.69 Å². The number of nitrogens with one attached hydrogen (secondary N) is 1. The lowest BCUT2D eigenvalue weighted by atomic mass is 10.0. The third-order valence-corrected chi connectivity index (χ3v) is 4.16. The molecule has 4 nitrogen and oxygen atoms in total. The molecule has 4 heteroatoms. The van der Waals surface area contributed by atoms with Crippen LogP contribution in [-0.2, 0) is 17.6 Å². The number of carbonyl (C=O) groups is 1. The fourth-order valence-electron chi connectivity index (χ4n) is 3.06. The van der Waals surface area contributed by atoms with Gasteiger partial charge < -0.3 is 15.1 Å². The Bertz CT molecular complexity index is 500. The number of piperazine rings is 1. The highest BCUT2D eigenvalue weighted by Crippen LogP contribution is 2.28. The molecule has 2 aliphatic rings. The van der Waals surface area contributed by atoms with Crippen LogP contribution in [0, 0.1) is 0 Å². The number of hydrogen-bond donors (Lipinski definition) is 1. The summed E-state index contributed by atoms with van der Waals surface area (Å²) in [5, 5.41) is 3.56. The molecule has 0 bridgehead atoms. The summed E-state index contributed by atoms with van der Waals surface area (Å²) in [5.41, 5.74) is 3.58. The van der Waals surface area contributed by atoms with E-state index in [0.29, 0.717) is 12.5 Å². The van der Waals surface area contributed by atoms with Crippen molar-refractivity contribution in [1.29, 1.82) is 0 Å². The minimum atomic E-state index is 0.197. The standard InChI is InChI=1S/C15H21N3O/c1-17-6-5-16-13(10-17)8-11-3-4-14-12(7-11)9-15(19)18(14)2/h3-4,7,13,16H,5-6,8-10H2,1-2H3. The van der Waals surface area contributed by atoms with Crippen LogP contribution in [0.3, 0.4) is 0 Å². The molecule has 2 aliphatic heterocycles. The first kappa shape index (κ1) is 12.6. The van der Waals surface area contributed by atoms with Gasteiger partial charge in [-0.25, -0.2) is 0 Å². The molecule has 1 aromatic rings. The monoisotopic (exact) mass is 259 g/mol. The summed E-state index contributed by atoms with van der Waals surface area (Å²) in [5.74, 6) is 0.197. The Balaban J connectivity index is 1.73. The van der Waals surface area contributed by atoms with Crippen LogP contribution in [0.15, 0.2) is 18.2 Å². The molecule has 1 fully saturated rings. The van der Waals surface area contributed by atoms with Crippen molar-refractivity contribution in [3.05, 3.63) is 29.3 Å². The Labute approximate surface area is 114 Å². The SMILES string of the molecule is CN1CCNC(Cc2ccc3c(c2)CC(=O)N3C)C1. The topological polar surface area (TPSA) is 35.6 Å². The van der Waals surface area contributed by atoms with Crippen LogP contribution in [0.5, 0.6) is 0 Å². The molecule has 1 saturated heterocycles.